The second-order valence-corrected chi connectivity index (χ2v) is 4.40. The fourth-order valence-corrected chi connectivity index (χ4v) is 1.79. The number of hydrogen-bond donors (Lipinski definition) is 1. The minimum absolute atomic E-state index is 0.206. The topological polar surface area (TPSA) is 44.5 Å². The molecule has 17 heavy (non-hydrogen) atoms. The molecule has 0 saturated heterocycles. The van der Waals surface area contributed by atoms with Crippen LogP contribution in [0, 0.1) is 13.8 Å². The predicted octanol–water partition coefficient (Wildman–Crippen LogP) is 3.08. The third-order valence-corrected chi connectivity index (χ3v) is 2.97. The first kappa shape index (κ1) is 13.8. The molecule has 0 saturated carbocycles. The van der Waals surface area contributed by atoms with Crippen molar-refractivity contribution in [2.24, 2.45) is 0 Å². The number of nitrogen functional groups attached to an aromatic ring is 1. The summed E-state index contributed by atoms with van der Waals surface area (Å²) in [5.41, 5.74) is 8.91. The van der Waals surface area contributed by atoms with Crippen LogP contribution >= 0.6 is 0 Å². The summed E-state index contributed by atoms with van der Waals surface area (Å²) in [5.74, 6) is 0.900. The lowest BCUT2D eigenvalue weighted by atomic mass is 10.1. The molecular formula is C14H23NO2. The molecule has 1 rings (SSSR count). The van der Waals surface area contributed by atoms with Crippen molar-refractivity contribution in [1.29, 1.82) is 0 Å². The molecule has 2 N–H and O–H groups in total. The van der Waals surface area contributed by atoms with Gasteiger partial charge in [0.25, 0.3) is 0 Å². The van der Waals surface area contributed by atoms with Gasteiger partial charge in [0.05, 0.1) is 0 Å². The highest BCUT2D eigenvalue weighted by molar-refractivity contribution is 5.56. The number of hydrogen-bond acceptors (Lipinski definition) is 3. The molecular weight excluding hydrogens is 214 g/mol. The van der Waals surface area contributed by atoms with E-state index in [0.29, 0.717) is 0 Å². The molecule has 0 aliphatic carbocycles. The van der Waals surface area contributed by atoms with Gasteiger partial charge < -0.3 is 15.2 Å². The van der Waals surface area contributed by atoms with Crippen LogP contribution in [0.15, 0.2) is 12.1 Å². The van der Waals surface area contributed by atoms with Gasteiger partial charge >= 0.3 is 0 Å². The molecule has 3 heteroatoms. The van der Waals surface area contributed by atoms with Gasteiger partial charge in [-0.25, -0.2) is 0 Å². The van der Waals surface area contributed by atoms with Crippen molar-refractivity contribution in [2.75, 3.05) is 19.5 Å². The molecule has 3 nitrogen and oxygen atoms in total. The Morgan fingerprint density at radius 3 is 2.29 bits per heavy atom. The normalized spacial score (nSPS) is 12.5. The monoisotopic (exact) mass is 237 g/mol. The van der Waals surface area contributed by atoms with Gasteiger partial charge in [0.2, 0.25) is 0 Å². The van der Waals surface area contributed by atoms with E-state index >= 15 is 0 Å². The Morgan fingerprint density at radius 1 is 1.24 bits per heavy atom. The molecule has 0 heterocycles. The number of benzene rings is 1. The minimum atomic E-state index is 0.206. The van der Waals surface area contributed by atoms with Gasteiger partial charge in [0.1, 0.15) is 11.9 Å². The van der Waals surface area contributed by atoms with E-state index < -0.39 is 0 Å². The molecule has 1 unspecified atom stereocenters. The average molecular weight is 237 g/mol. The standard InChI is InChI=1S/C14H23NO2/c1-5-12(6-7-16-4)17-13-8-10(2)14(15)11(3)9-13/h8-9,12H,5-7,15H2,1-4H3. The number of methoxy groups -OCH3 is 1. The van der Waals surface area contributed by atoms with Crippen LogP contribution < -0.4 is 10.5 Å². The Balaban J connectivity index is 2.72. The number of anilines is 1. The average Bonchev–Trinajstić information content (AvgIpc) is 2.31. The van der Waals surface area contributed by atoms with Crippen LogP contribution in [0.5, 0.6) is 5.75 Å². The summed E-state index contributed by atoms with van der Waals surface area (Å²) in [7, 11) is 1.71. The third-order valence-electron chi connectivity index (χ3n) is 2.97. The van der Waals surface area contributed by atoms with Crippen LogP contribution in [-0.2, 0) is 4.74 Å². The summed E-state index contributed by atoms with van der Waals surface area (Å²) in [6.07, 6.45) is 2.10. The Kier molecular flexibility index (Phi) is 5.29. The Morgan fingerprint density at radius 2 is 1.82 bits per heavy atom. The van der Waals surface area contributed by atoms with Crippen molar-refractivity contribution in [3.8, 4) is 5.75 Å². The lowest BCUT2D eigenvalue weighted by Crippen LogP contribution is -2.17. The van der Waals surface area contributed by atoms with Crippen LogP contribution in [0.1, 0.15) is 30.9 Å². The molecule has 1 aromatic carbocycles. The summed E-state index contributed by atoms with van der Waals surface area (Å²) in [4.78, 5) is 0. The largest absolute Gasteiger partial charge is 0.490 e. The maximum absolute atomic E-state index is 5.95. The first-order chi connectivity index (χ1) is 8.08. The molecule has 0 aliphatic rings. The molecule has 0 amide bonds. The zero-order chi connectivity index (χ0) is 12.8. The first-order valence-corrected chi connectivity index (χ1v) is 6.10. The number of ether oxygens (including phenoxy) is 2. The van der Waals surface area contributed by atoms with E-state index in [1.54, 1.807) is 7.11 Å². The molecule has 96 valence electrons. The molecule has 0 radical (unpaired) electrons. The van der Waals surface area contributed by atoms with Crippen molar-refractivity contribution in [1.82, 2.24) is 0 Å². The summed E-state index contributed by atoms with van der Waals surface area (Å²) in [5, 5.41) is 0. The van der Waals surface area contributed by atoms with Crippen LogP contribution in [-0.4, -0.2) is 19.8 Å². The highest BCUT2D eigenvalue weighted by Crippen LogP contribution is 2.25. The predicted molar refractivity (Wildman–Crippen MR) is 71.5 cm³/mol. The van der Waals surface area contributed by atoms with E-state index in [1.807, 2.05) is 26.0 Å². The van der Waals surface area contributed by atoms with E-state index in [9.17, 15) is 0 Å². The van der Waals surface area contributed by atoms with Crippen molar-refractivity contribution >= 4 is 5.69 Å². The molecule has 0 fully saturated rings. The number of nitrogens with two attached hydrogens (primary N) is 1. The fraction of sp³-hybridized carbons (Fsp3) is 0.571. The van der Waals surface area contributed by atoms with Gasteiger partial charge in [-0.15, -0.1) is 0 Å². The van der Waals surface area contributed by atoms with E-state index in [2.05, 4.69) is 6.92 Å². The highest BCUT2D eigenvalue weighted by atomic mass is 16.5. The van der Waals surface area contributed by atoms with Crippen LogP contribution in [0.3, 0.4) is 0 Å². The van der Waals surface area contributed by atoms with Gasteiger partial charge in [-0.2, -0.15) is 0 Å². The molecule has 1 atom stereocenters. The summed E-state index contributed by atoms with van der Waals surface area (Å²) in [6.45, 7) is 6.86. The van der Waals surface area contributed by atoms with Crippen LogP contribution in [0.2, 0.25) is 0 Å². The maximum atomic E-state index is 5.95. The smallest absolute Gasteiger partial charge is 0.120 e. The van der Waals surface area contributed by atoms with Crippen molar-refractivity contribution in [3.63, 3.8) is 0 Å². The molecule has 0 bridgehead atoms. The lowest BCUT2D eigenvalue weighted by molar-refractivity contribution is 0.123. The maximum Gasteiger partial charge on any atom is 0.120 e. The van der Waals surface area contributed by atoms with Gasteiger partial charge in [-0.05, 0) is 43.5 Å². The zero-order valence-corrected chi connectivity index (χ0v) is 11.2. The second kappa shape index (κ2) is 6.50. The highest BCUT2D eigenvalue weighted by Gasteiger charge is 2.09. The van der Waals surface area contributed by atoms with Crippen molar-refractivity contribution in [2.45, 2.75) is 39.7 Å². The van der Waals surface area contributed by atoms with Gasteiger partial charge in [0, 0.05) is 25.8 Å². The van der Waals surface area contributed by atoms with Gasteiger partial charge in [-0.3, -0.25) is 0 Å². The number of rotatable bonds is 6. The van der Waals surface area contributed by atoms with Gasteiger partial charge in [0.15, 0.2) is 0 Å². The Hall–Kier alpha value is -1.22. The van der Waals surface area contributed by atoms with E-state index in [4.69, 9.17) is 15.2 Å². The van der Waals surface area contributed by atoms with E-state index in [1.165, 1.54) is 0 Å². The first-order valence-electron chi connectivity index (χ1n) is 6.10. The molecule has 0 aliphatic heterocycles. The van der Waals surface area contributed by atoms with E-state index in [0.717, 1.165) is 42.0 Å². The third kappa shape index (κ3) is 3.93. The van der Waals surface area contributed by atoms with E-state index in [-0.39, 0.29) is 6.10 Å². The van der Waals surface area contributed by atoms with Crippen molar-refractivity contribution < 1.29 is 9.47 Å². The Bertz CT molecular complexity index is 340. The van der Waals surface area contributed by atoms with Crippen LogP contribution in [0.4, 0.5) is 5.69 Å². The Labute approximate surface area is 104 Å². The minimum Gasteiger partial charge on any atom is -0.490 e. The van der Waals surface area contributed by atoms with Gasteiger partial charge in [-0.1, -0.05) is 6.92 Å². The van der Waals surface area contributed by atoms with Crippen molar-refractivity contribution in [3.05, 3.63) is 23.3 Å². The van der Waals surface area contributed by atoms with Crippen LogP contribution in [0.25, 0.3) is 0 Å². The quantitative estimate of drug-likeness (QED) is 0.773. The molecule has 0 aromatic heterocycles. The fourth-order valence-electron chi connectivity index (χ4n) is 1.79. The SMILES string of the molecule is CCC(CCOC)Oc1cc(C)c(N)c(C)c1. The summed E-state index contributed by atoms with van der Waals surface area (Å²) >= 11 is 0. The lowest BCUT2D eigenvalue weighted by Gasteiger charge is -2.18. The second-order valence-electron chi connectivity index (χ2n) is 4.40. The summed E-state index contributed by atoms with van der Waals surface area (Å²) < 4.78 is 11.0. The number of aryl methyl sites for hydroxylation is 2. The summed E-state index contributed by atoms with van der Waals surface area (Å²) in [6, 6.07) is 4.00. The zero-order valence-electron chi connectivity index (χ0n) is 11.2. The molecule has 1 aromatic rings. The molecule has 0 spiro atoms.